The monoisotopic (exact) mass is 389 g/mol. The first-order valence-corrected chi connectivity index (χ1v) is 9.49. The van der Waals surface area contributed by atoms with Crippen LogP contribution in [0.1, 0.15) is 37.2 Å². The van der Waals surface area contributed by atoms with Crippen molar-refractivity contribution >= 4 is 22.6 Å². The van der Waals surface area contributed by atoms with Crippen LogP contribution in [0.4, 0.5) is 10.1 Å². The number of halogens is 1. The van der Waals surface area contributed by atoms with E-state index in [0.717, 1.165) is 19.2 Å². The highest BCUT2D eigenvalue weighted by atomic mass is 19.1. The summed E-state index contributed by atoms with van der Waals surface area (Å²) >= 11 is 0. The lowest BCUT2D eigenvalue weighted by molar-refractivity contribution is 0.0694. The molecule has 7 nitrogen and oxygen atoms in total. The van der Waals surface area contributed by atoms with Gasteiger partial charge in [-0.3, -0.25) is 4.79 Å². The number of rotatable bonds is 5. The number of hydrogen-bond acceptors (Lipinski definition) is 5. The number of carboxylic acid groups (broad SMARTS) is 1. The van der Waals surface area contributed by atoms with Gasteiger partial charge >= 0.3 is 5.97 Å². The zero-order chi connectivity index (χ0) is 20.2. The zero-order valence-corrected chi connectivity index (χ0v) is 16.2. The third-order valence-electron chi connectivity index (χ3n) is 5.64. The molecule has 1 aromatic heterocycles. The lowest BCUT2D eigenvalue weighted by Gasteiger charge is -2.50. The zero-order valence-electron chi connectivity index (χ0n) is 16.2. The fourth-order valence-electron chi connectivity index (χ4n) is 4.23. The van der Waals surface area contributed by atoms with Crippen LogP contribution in [-0.2, 0) is 0 Å². The number of nitrogens with one attached hydrogen (secondary N) is 1. The molecule has 0 aliphatic carbocycles. The minimum Gasteiger partial charge on any atom is -0.487 e. The van der Waals surface area contributed by atoms with Crippen molar-refractivity contribution in [1.82, 2.24) is 9.88 Å². The van der Waals surface area contributed by atoms with Gasteiger partial charge in [-0.1, -0.05) is 13.8 Å². The Labute approximate surface area is 161 Å². The minimum atomic E-state index is -1.32. The molecule has 1 saturated heterocycles. The molecular formula is C20H24FN3O4. The molecule has 0 saturated carbocycles. The van der Waals surface area contributed by atoms with Gasteiger partial charge in [0.15, 0.2) is 11.6 Å². The average Bonchev–Trinajstić information content (AvgIpc) is 2.62. The van der Waals surface area contributed by atoms with Crippen molar-refractivity contribution in [3.63, 3.8) is 0 Å². The number of anilines is 1. The van der Waals surface area contributed by atoms with Crippen molar-refractivity contribution in [2.24, 2.45) is 5.41 Å². The van der Waals surface area contributed by atoms with Crippen LogP contribution < -0.4 is 20.4 Å². The standard InChI is InChI=1S/C20H24FN3O4/c1-4-22-8-20(3)9-23(10-20)16-14(21)5-12-15-18(16)28-7-11(2)24(15)6-13(17(12)25)19(26)27/h5-6,11,22H,4,7-10H2,1-3H3,(H,26,27)/t11-/m1/s1. The maximum Gasteiger partial charge on any atom is 0.341 e. The van der Waals surface area contributed by atoms with Gasteiger partial charge in [-0.2, -0.15) is 0 Å². The number of aromatic nitrogens is 1. The largest absolute Gasteiger partial charge is 0.487 e. The quantitative estimate of drug-likeness (QED) is 0.816. The van der Waals surface area contributed by atoms with Gasteiger partial charge in [-0.05, 0) is 19.5 Å². The fraction of sp³-hybridized carbons (Fsp3) is 0.500. The van der Waals surface area contributed by atoms with Crippen LogP contribution in [0.25, 0.3) is 10.9 Å². The minimum absolute atomic E-state index is 0.0404. The van der Waals surface area contributed by atoms with Gasteiger partial charge in [0.25, 0.3) is 0 Å². The van der Waals surface area contributed by atoms with Crippen molar-refractivity contribution < 1.29 is 19.0 Å². The second kappa shape index (κ2) is 6.48. The summed E-state index contributed by atoms with van der Waals surface area (Å²) in [6, 6.07) is 0.989. The van der Waals surface area contributed by atoms with Gasteiger partial charge in [-0.25, -0.2) is 9.18 Å². The van der Waals surface area contributed by atoms with E-state index in [0.29, 0.717) is 30.0 Å². The van der Waals surface area contributed by atoms with Gasteiger partial charge in [-0.15, -0.1) is 0 Å². The van der Waals surface area contributed by atoms with Crippen LogP contribution in [0.3, 0.4) is 0 Å². The highest BCUT2D eigenvalue weighted by Gasteiger charge is 2.42. The van der Waals surface area contributed by atoms with E-state index in [1.165, 1.54) is 6.20 Å². The molecule has 4 rings (SSSR count). The lowest BCUT2D eigenvalue weighted by atomic mass is 9.81. The Morgan fingerprint density at radius 1 is 1.46 bits per heavy atom. The summed E-state index contributed by atoms with van der Waals surface area (Å²) in [6.45, 7) is 9.42. The molecule has 0 radical (unpaired) electrons. The fourth-order valence-corrected chi connectivity index (χ4v) is 4.23. The van der Waals surface area contributed by atoms with Gasteiger partial charge in [0, 0.05) is 31.2 Å². The molecule has 1 fully saturated rings. The Bertz CT molecular complexity index is 1030. The van der Waals surface area contributed by atoms with Crippen LogP contribution in [0.2, 0.25) is 0 Å². The highest BCUT2D eigenvalue weighted by molar-refractivity contribution is 5.97. The molecule has 28 heavy (non-hydrogen) atoms. The first-order chi connectivity index (χ1) is 13.3. The Balaban J connectivity index is 1.86. The molecule has 1 atom stereocenters. The summed E-state index contributed by atoms with van der Waals surface area (Å²) in [5.41, 5.74) is -0.195. The molecule has 2 N–H and O–H groups in total. The number of carboxylic acids is 1. The van der Waals surface area contributed by atoms with Crippen LogP contribution in [0.5, 0.6) is 5.75 Å². The smallest absolute Gasteiger partial charge is 0.341 e. The average molecular weight is 389 g/mol. The topological polar surface area (TPSA) is 83.8 Å². The Morgan fingerprint density at radius 3 is 2.82 bits per heavy atom. The van der Waals surface area contributed by atoms with Gasteiger partial charge in [0.1, 0.15) is 17.9 Å². The van der Waals surface area contributed by atoms with E-state index < -0.39 is 17.2 Å². The molecule has 0 amide bonds. The predicted molar refractivity (Wildman–Crippen MR) is 104 cm³/mol. The van der Waals surface area contributed by atoms with Crippen LogP contribution >= 0.6 is 0 Å². The van der Waals surface area contributed by atoms with Crippen molar-refractivity contribution in [3.05, 3.63) is 33.9 Å². The van der Waals surface area contributed by atoms with Gasteiger partial charge in [0.2, 0.25) is 5.43 Å². The van der Waals surface area contributed by atoms with Gasteiger partial charge in [0.05, 0.1) is 16.9 Å². The SMILES string of the molecule is CCNCC1(C)CN(c2c(F)cc3c(=O)c(C(=O)O)cn4c3c2OC[C@H]4C)C1. The summed E-state index contributed by atoms with van der Waals surface area (Å²) in [4.78, 5) is 26.0. The number of ether oxygens (including phenoxy) is 1. The molecule has 0 unspecified atom stereocenters. The van der Waals surface area contributed by atoms with Crippen molar-refractivity contribution in [2.45, 2.75) is 26.8 Å². The predicted octanol–water partition coefficient (Wildman–Crippen LogP) is 2.23. The molecule has 2 aromatic rings. The summed E-state index contributed by atoms with van der Waals surface area (Å²) < 4.78 is 22.7. The molecule has 2 aliphatic heterocycles. The van der Waals surface area contributed by atoms with Crippen LogP contribution in [0.15, 0.2) is 17.1 Å². The number of carbonyl (C=O) groups is 1. The number of aromatic carboxylic acids is 1. The molecule has 0 bridgehead atoms. The molecule has 3 heterocycles. The summed E-state index contributed by atoms with van der Waals surface area (Å²) in [6.07, 6.45) is 1.34. The summed E-state index contributed by atoms with van der Waals surface area (Å²) in [7, 11) is 0. The third-order valence-corrected chi connectivity index (χ3v) is 5.64. The molecule has 1 aromatic carbocycles. The van der Waals surface area contributed by atoms with E-state index in [2.05, 4.69) is 12.2 Å². The van der Waals surface area contributed by atoms with Crippen LogP contribution in [-0.4, -0.2) is 48.4 Å². The van der Waals surface area contributed by atoms with E-state index in [-0.39, 0.29) is 29.0 Å². The summed E-state index contributed by atoms with van der Waals surface area (Å²) in [5.74, 6) is -1.55. The first kappa shape index (κ1) is 18.7. The van der Waals surface area contributed by atoms with Gasteiger partial charge < -0.3 is 24.6 Å². The van der Waals surface area contributed by atoms with E-state index in [1.54, 1.807) is 4.57 Å². The molecule has 150 valence electrons. The highest BCUT2D eigenvalue weighted by Crippen LogP contribution is 2.45. The molecule has 8 heteroatoms. The Kier molecular flexibility index (Phi) is 4.33. The molecular weight excluding hydrogens is 365 g/mol. The normalized spacial score (nSPS) is 20.0. The van der Waals surface area contributed by atoms with E-state index in [1.807, 2.05) is 18.7 Å². The van der Waals surface area contributed by atoms with Crippen molar-refractivity contribution in [2.75, 3.05) is 37.7 Å². The number of hydrogen-bond donors (Lipinski definition) is 2. The summed E-state index contributed by atoms with van der Waals surface area (Å²) in [5, 5.41) is 12.7. The van der Waals surface area contributed by atoms with Crippen LogP contribution in [0, 0.1) is 11.2 Å². The Hall–Kier alpha value is -2.61. The van der Waals surface area contributed by atoms with Crippen molar-refractivity contribution in [3.8, 4) is 5.75 Å². The Morgan fingerprint density at radius 2 is 2.18 bits per heavy atom. The third kappa shape index (κ3) is 2.74. The second-order valence-electron chi connectivity index (χ2n) is 8.12. The second-order valence-corrected chi connectivity index (χ2v) is 8.12. The van der Waals surface area contributed by atoms with E-state index in [4.69, 9.17) is 4.74 Å². The van der Waals surface area contributed by atoms with Crippen molar-refractivity contribution in [1.29, 1.82) is 0 Å². The molecule has 2 aliphatic rings. The van der Waals surface area contributed by atoms with E-state index >= 15 is 4.39 Å². The lowest BCUT2D eigenvalue weighted by Crippen LogP contribution is -2.59. The number of pyridine rings is 1. The number of nitrogens with zero attached hydrogens (tertiary/aromatic N) is 2. The maximum absolute atomic E-state index is 15.1. The number of benzene rings is 1. The van der Waals surface area contributed by atoms with E-state index in [9.17, 15) is 14.7 Å². The maximum atomic E-state index is 15.1. The first-order valence-electron chi connectivity index (χ1n) is 9.49. The molecule has 0 spiro atoms.